The van der Waals surface area contributed by atoms with E-state index >= 15 is 0 Å². The summed E-state index contributed by atoms with van der Waals surface area (Å²) in [5, 5.41) is 29.0. The average Bonchev–Trinajstić information content (AvgIpc) is 3.83. The number of aryl methyl sites for hydroxylation is 2. The summed E-state index contributed by atoms with van der Waals surface area (Å²) in [7, 11) is 6.85. The molecule has 51 heavy (non-hydrogen) atoms. The van der Waals surface area contributed by atoms with Gasteiger partial charge in [-0.25, -0.2) is 4.39 Å². The second-order valence-corrected chi connectivity index (χ2v) is 13.8. The van der Waals surface area contributed by atoms with E-state index in [4.69, 9.17) is 0 Å². The first kappa shape index (κ1) is 35.3. The van der Waals surface area contributed by atoms with Gasteiger partial charge in [0.15, 0.2) is 5.82 Å². The zero-order valence-corrected chi connectivity index (χ0v) is 29.3. The van der Waals surface area contributed by atoms with Crippen molar-refractivity contribution < 1.29 is 18.8 Å². The molecule has 0 bridgehead atoms. The molecule has 12 nitrogen and oxygen atoms in total. The molecule has 1 fully saturated rings. The highest BCUT2D eigenvalue weighted by atomic mass is 19.1. The third kappa shape index (κ3) is 7.09. The van der Waals surface area contributed by atoms with E-state index in [2.05, 4.69) is 32.0 Å². The van der Waals surface area contributed by atoms with E-state index < -0.39 is 17.5 Å². The van der Waals surface area contributed by atoms with E-state index in [0.717, 1.165) is 34.2 Å². The first-order valence-electron chi connectivity index (χ1n) is 17.1. The molecule has 3 amide bonds. The molecule has 2 aliphatic rings. The molecule has 1 aliphatic heterocycles. The predicted octanol–water partition coefficient (Wildman–Crippen LogP) is 3.28. The van der Waals surface area contributed by atoms with Crippen LogP contribution in [0, 0.1) is 17.1 Å². The Balaban J connectivity index is 1.51. The Kier molecular flexibility index (Phi) is 10.2. The lowest BCUT2D eigenvalue weighted by Crippen LogP contribution is -2.47. The van der Waals surface area contributed by atoms with Crippen LogP contribution in [0.2, 0.25) is 0 Å². The molecule has 2 heterocycles. The minimum atomic E-state index is -1.06. The largest absolute Gasteiger partial charge is 0.345 e. The second kappa shape index (κ2) is 14.8. The van der Waals surface area contributed by atoms with Gasteiger partial charge >= 0.3 is 0 Å². The third-order valence-corrected chi connectivity index (χ3v) is 10.0. The number of benzene rings is 3. The summed E-state index contributed by atoms with van der Waals surface area (Å²) in [6.45, 7) is 0.509. The van der Waals surface area contributed by atoms with E-state index in [9.17, 15) is 24.0 Å². The molecule has 1 aromatic heterocycles. The Hall–Kier alpha value is -5.48. The van der Waals surface area contributed by atoms with Crippen molar-refractivity contribution in [3.63, 3.8) is 0 Å². The molecule has 2 N–H and O–H groups in total. The van der Waals surface area contributed by atoms with Crippen LogP contribution in [-0.4, -0.2) is 106 Å². The fraction of sp³-hybridized carbons (Fsp3) is 0.395. The Bertz CT molecular complexity index is 1880. The van der Waals surface area contributed by atoms with Gasteiger partial charge in [-0.15, -0.1) is 10.2 Å². The molecule has 264 valence electrons. The van der Waals surface area contributed by atoms with Crippen LogP contribution >= 0.6 is 0 Å². The van der Waals surface area contributed by atoms with Gasteiger partial charge in [-0.05, 0) is 103 Å². The van der Waals surface area contributed by atoms with Gasteiger partial charge in [0.05, 0.1) is 18.0 Å². The molecule has 0 radical (unpaired) electrons. The van der Waals surface area contributed by atoms with Gasteiger partial charge in [-0.3, -0.25) is 14.4 Å². The molecule has 3 aromatic carbocycles. The number of nitriles is 1. The number of rotatable bonds is 10. The van der Waals surface area contributed by atoms with Crippen LogP contribution in [0.4, 0.5) is 4.39 Å². The van der Waals surface area contributed by atoms with Crippen LogP contribution in [0.25, 0.3) is 0 Å². The quantitative estimate of drug-likeness (QED) is 0.257. The Morgan fingerprint density at radius 3 is 2.12 bits per heavy atom. The number of aromatic nitrogens is 4. The van der Waals surface area contributed by atoms with Crippen LogP contribution in [-0.2, 0) is 29.5 Å². The highest BCUT2D eigenvalue weighted by Gasteiger charge is 2.46. The maximum atomic E-state index is 14.0. The maximum Gasteiger partial charge on any atom is 0.253 e. The Morgan fingerprint density at radius 2 is 1.59 bits per heavy atom. The maximum absolute atomic E-state index is 14.0. The summed E-state index contributed by atoms with van der Waals surface area (Å²) in [4.78, 5) is 44.6. The number of aromatic amines is 1. The molecule has 1 aliphatic carbocycles. The van der Waals surface area contributed by atoms with Gasteiger partial charge in [0.2, 0.25) is 5.91 Å². The lowest BCUT2D eigenvalue weighted by atomic mass is 9.67. The number of nitrogens with one attached hydrogen (secondary N) is 2. The molecule has 4 aromatic rings. The molecular weight excluding hydrogens is 649 g/mol. The smallest absolute Gasteiger partial charge is 0.253 e. The zero-order valence-electron chi connectivity index (χ0n) is 29.3. The van der Waals surface area contributed by atoms with Gasteiger partial charge in [0.25, 0.3) is 11.8 Å². The molecule has 6 rings (SSSR count). The minimum absolute atomic E-state index is 0.0152. The van der Waals surface area contributed by atoms with Gasteiger partial charge in [0, 0.05) is 51.9 Å². The van der Waals surface area contributed by atoms with E-state index in [1.165, 1.54) is 21.9 Å². The third-order valence-electron chi connectivity index (χ3n) is 10.0. The van der Waals surface area contributed by atoms with E-state index in [1.54, 1.807) is 45.2 Å². The van der Waals surface area contributed by atoms with Crippen molar-refractivity contribution >= 4 is 17.7 Å². The van der Waals surface area contributed by atoms with E-state index in [1.807, 2.05) is 36.4 Å². The molecule has 0 saturated carbocycles. The number of nitrogens with zero attached hydrogens (tertiary/aromatic N) is 7. The number of fused-ring (bicyclic) bond motifs is 2. The SMILES string of the molecule is CN(C)C(=O)c1ccc2c(c1)CCc1cc(C(=O)N(C)C)ccc1C2(C[C@H](Cc1ccc(F)cc1)NCC(=O)N1CCCC1C#N)c1nn[nH]n1. The second-order valence-electron chi connectivity index (χ2n) is 13.8. The summed E-state index contributed by atoms with van der Waals surface area (Å²) < 4.78 is 14.0. The van der Waals surface area contributed by atoms with Crippen molar-refractivity contribution in [2.45, 2.75) is 56.0 Å². The highest BCUT2D eigenvalue weighted by Crippen LogP contribution is 2.47. The first-order valence-corrected chi connectivity index (χ1v) is 17.1. The van der Waals surface area contributed by atoms with Crippen molar-refractivity contribution in [2.75, 3.05) is 41.3 Å². The summed E-state index contributed by atoms with van der Waals surface area (Å²) in [6, 6.07) is 19.1. The van der Waals surface area contributed by atoms with Crippen molar-refractivity contribution in [3.8, 4) is 6.07 Å². The fourth-order valence-corrected chi connectivity index (χ4v) is 7.55. The average molecular weight is 692 g/mol. The number of halogens is 1. The lowest BCUT2D eigenvalue weighted by molar-refractivity contribution is -0.130. The van der Waals surface area contributed by atoms with Crippen molar-refractivity contribution in [1.82, 2.24) is 40.6 Å². The predicted molar refractivity (Wildman–Crippen MR) is 187 cm³/mol. The monoisotopic (exact) mass is 691 g/mol. The number of tetrazole rings is 1. The van der Waals surface area contributed by atoms with Crippen LogP contribution in [0.5, 0.6) is 0 Å². The molecule has 1 saturated heterocycles. The van der Waals surface area contributed by atoms with E-state index in [-0.39, 0.29) is 30.1 Å². The molecular formula is C38H42FN9O3. The molecule has 13 heteroatoms. The number of likely N-dealkylation sites (tertiary alicyclic amines) is 1. The summed E-state index contributed by atoms with van der Waals surface area (Å²) in [6.07, 6.45) is 3.33. The molecule has 1 unspecified atom stereocenters. The van der Waals surface area contributed by atoms with Crippen LogP contribution in [0.15, 0.2) is 60.7 Å². The highest BCUT2D eigenvalue weighted by molar-refractivity contribution is 5.95. The minimum Gasteiger partial charge on any atom is -0.345 e. The standard InChI is InChI=1S/C38H42FN9O3/c1-46(2)35(50)27-11-15-32-25(19-27)9-10-26-20-28(36(51)47(3)4)12-16-33(26)38(32,37-42-44-45-43-37)21-30(18-24-7-13-29(39)14-8-24)41-23-34(49)48-17-5-6-31(48)22-40/h7-8,11-16,19-20,30-31,41H,5-6,9-10,17-18,21,23H2,1-4H3,(H,42,43,44,45)/t30-,31?/m0/s1. The molecule has 2 atom stereocenters. The van der Waals surface area contributed by atoms with Gasteiger partial charge in [-0.2, -0.15) is 10.5 Å². The van der Waals surface area contributed by atoms with Crippen molar-refractivity contribution in [1.29, 1.82) is 5.26 Å². The normalized spacial score (nSPS) is 16.7. The van der Waals surface area contributed by atoms with Gasteiger partial charge in [-0.1, -0.05) is 29.5 Å². The first-order chi connectivity index (χ1) is 24.5. The Labute approximate surface area is 296 Å². The number of carbonyl (C=O) groups excluding carboxylic acids is 3. The summed E-state index contributed by atoms with van der Waals surface area (Å²) in [5.74, 6) is -0.383. The number of H-pyrrole nitrogens is 1. The zero-order chi connectivity index (χ0) is 36.3. The van der Waals surface area contributed by atoms with Crippen LogP contribution in [0.1, 0.15) is 73.6 Å². The fourth-order valence-electron chi connectivity index (χ4n) is 7.55. The van der Waals surface area contributed by atoms with Crippen molar-refractivity contribution in [3.05, 3.63) is 111 Å². The Morgan fingerprint density at radius 1 is 0.980 bits per heavy atom. The topological polar surface area (TPSA) is 151 Å². The number of amides is 3. The van der Waals surface area contributed by atoms with Gasteiger partial charge < -0.3 is 20.0 Å². The van der Waals surface area contributed by atoms with Crippen LogP contribution in [0.3, 0.4) is 0 Å². The van der Waals surface area contributed by atoms with Gasteiger partial charge in [0.1, 0.15) is 11.9 Å². The van der Waals surface area contributed by atoms with Crippen molar-refractivity contribution in [2.24, 2.45) is 0 Å². The van der Waals surface area contributed by atoms with E-state index in [0.29, 0.717) is 55.6 Å². The lowest BCUT2D eigenvalue weighted by Gasteiger charge is -2.37. The number of carbonyl (C=O) groups is 3. The summed E-state index contributed by atoms with van der Waals surface area (Å²) in [5.41, 5.74) is 4.49. The van der Waals surface area contributed by atoms with Crippen LogP contribution < -0.4 is 5.32 Å². The number of hydrogen-bond donors (Lipinski definition) is 2. The number of hydrogen-bond acceptors (Lipinski definition) is 8. The summed E-state index contributed by atoms with van der Waals surface area (Å²) >= 11 is 0. The molecule has 0 spiro atoms.